The Kier molecular flexibility index (Phi) is 5.10. The van der Waals surface area contributed by atoms with Gasteiger partial charge in [-0.15, -0.1) is 11.3 Å². The van der Waals surface area contributed by atoms with Crippen LogP contribution in [0.3, 0.4) is 0 Å². The van der Waals surface area contributed by atoms with Gasteiger partial charge in [-0.2, -0.15) is 0 Å². The lowest BCUT2D eigenvalue weighted by atomic mass is 10.2. The average molecular weight is 271 g/mol. The number of nitrogens with one attached hydrogen (secondary N) is 1. The third kappa shape index (κ3) is 5.97. The van der Waals surface area contributed by atoms with Crippen LogP contribution in [-0.4, -0.2) is 29.3 Å². The molecule has 0 radical (unpaired) electrons. The highest BCUT2D eigenvalue weighted by atomic mass is 32.1. The van der Waals surface area contributed by atoms with Crippen molar-refractivity contribution >= 4 is 17.4 Å². The minimum atomic E-state index is -0.486. The van der Waals surface area contributed by atoms with E-state index in [9.17, 15) is 4.79 Å². The third-order valence-corrected chi connectivity index (χ3v) is 2.87. The molecule has 0 spiro atoms. The Morgan fingerprint density at radius 1 is 1.61 bits per heavy atom. The van der Waals surface area contributed by atoms with E-state index >= 15 is 0 Å². The lowest BCUT2D eigenvalue weighted by Gasteiger charge is -2.20. The lowest BCUT2D eigenvalue weighted by molar-refractivity contribution is 0.0524. The molecule has 1 heterocycles. The summed E-state index contributed by atoms with van der Waals surface area (Å²) in [5.41, 5.74) is 6.40. The standard InChI is InChI=1S/C12H21N3O2S/c1-8-15-10(7-18-8)5-9(13)6-14-11(16)17-12(2,3)4/h7,9H,5-6,13H2,1-4H3,(H,14,16). The molecule has 6 heteroatoms. The van der Waals surface area contributed by atoms with Gasteiger partial charge in [-0.05, 0) is 27.7 Å². The largest absolute Gasteiger partial charge is 0.444 e. The zero-order valence-electron chi connectivity index (χ0n) is 11.3. The molecular formula is C12H21N3O2S. The summed E-state index contributed by atoms with van der Waals surface area (Å²) in [4.78, 5) is 15.7. The van der Waals surface area contributed by atoms with Crippen LogP contribution in [-0.2, 0) is 11.2 Å². The van der Waals surface area contributed by atoms with E-state index in [2.05, 4.69) is 10.3 Å². The summed E-state index contributed by atoms with van der Waals surface area (Å²) in [7, 11) is 0. The second-order valence-corrected chi connectivity index (χ2v) is 6.27. The van der Waals surface area contributed by atoms with E-state index in [1.807, 2.05) is 33.1 Å². The molecule has 1 unspecified atom stereocenters. The Hall–Kier alpha value is -1.14. The summed E-state index contributed by atoms with van der Waals surface area (Å²) < 4.78 is 5.12. The van der Waals surface area contributed by atoms with Gasteiger partial charge in [-0.25, -0.2) is 9.78 Å². The van der Waals surface area contributed by atoms with Crippen LogP contribution in [0.2, 0.25) is 0 Å². The Morgan fingerprint density at radius 2 is 2.28 bits per heavy atom. The number of carbonyl (C=O) groups excluding carboxylic acids is 1. The van der Waals surface area contributed by atoms with Crippen molar-refractivity contribution in [3.05, 3.63) is 16.1 Å². The number of thiazole rings is 1. The molecule has 0 saturated heterocycles. The van der Waals surface area contributed by atoms with E-state index in [-0.39, 0.29) is 6.04 Å². The van der Waals surface area contributed by atoms with Crippen molar-refractivity contribution in [3.63, 3.8) is 0 Å². The molecule has 0 aliphatic heterocycles. The van der Waals surface area contributed by atoms with Gasteiger partial charge >= 0.3 is 6.09 Å². The Morgan fingerprint density at radius 3 is 2.78 bits per heavy atom. The molecule has 18 heavy (non-hydrogen) atoms. The molecule has 5 nitrogen and oxygen atoms in total. The first-order valence-corrected chi connectivity index (χ1v) is 6.77. The van der Waals surface area contributed by atoms with Crippen molar-refractivity contribution < 1.29 is 9.53 Å². The normalized spacial score (nSPS) is 13.2. The van der Waals surface area contributed by atoms with Gasteiger partial charge in [-0.1, -0.05) is 0 Å². The van der Waals surface area contributed by atoms with Crippen molar-refractivity contribution in [1.29, 1.82) is 0 Å². The van der Waals surface area contributed by atoms with Crippen molar-refractivity contribution in [2.45, 2.75) is 45.8 Å². The van der Waals surface area contributed by atoms with E-state index in [1.54, 1.807) is 11.3 Å². The van der Waals surface area contributed by atoms with Crippen LogP contribution in [0, 0.1) is 6.92 Å². The SMILES string of the molecule is Cc1nc(CC(N)CNC(=O)OC(C)(C)C)cs1. The molecule has 1 aromatic rings. The van der Waals surface area contributed by atoms with Crippen LogP contribution in [0.5, 0.6) is 0 Å². The number of hydrogen-bond donors (Lipinski definition) is 2. The lowest BCUT2D eigenvalue weighted by Crippen LogP contribution is -2.41. The van der Waals surface area contributed by atoms with E-state index < -0.39 is 11.7 Å². The van der Waals surface area contributed by atoms with Gasteiger partial charge in [0.2, 0.25) is 0 Å². The Labute approximate surface area is 112 Å². The minimum Gasteiger partial charge on any atom is -0.444 e. The second-order valence-electron chi connectivity index (χ2n) is 5.20. The quantitative estimate of drug-likeness (QED) is 0.876. The van der Waals surface area contributed by atoms with Gasteiger partial charge in [0, 0.05) is 24.4 Å². The summed E-state index contributed by atoms with van der Waals surface area (Å²) in [5, 5.41) is 5.67. The average Bonchev–Trinajstić information content (AvgIpc) is 2.58. The maximum atomic E-state index is 11.4. The highest BCUT2D eigenvalue weighted by molar-refractivity contribution is 7.09. The van der Waals surface area contributed by atoms with Crippen LogP contribution in [0.25, 0.3) is 0 Å². The van der Waals surface area contributed by atoms with Gasteiger partial charge in [-0.3, -0.25) is 0 Å². The molecular weight excluding hydrogens is 250 g/mol. The van der Waals surface area contributed by atoms with Crippen LogP contribution in [0.1, 0.15) is 31.5 Å². The predicted molar refractivity (Wildman–Crippen MR) is 72.8 cm³/mol. The van der Waals surface area contributed by atoms with Crippen LogP contribution in [0.15, 0.2) is 5.38 Å². The summed E-state index contributed by atoms with van der Waals surface area (Å²) in [5.74, 6) is 0. The molecule has 0 bridgehead atoms. The molecule has 102 valence electrons. The number of alkyl carbamates (subject to hydrolysis) is 1. The molecule has 1 atom stereocenters. The fourth-order valence-electron chi connectivity index (χ4n) is 1.37. The first kappa shape index (κ1) is 14.9. The van der Waals surface area contributed by atoms with Crippen LogP contribution < -0.4 is 11.1 Å². The number of aryl methyl sites for hydroxylation is 1. The van der Waals surface area contributed by atoms with Crippen molar-refractivity contribution in [3.8, 4) is 0 Å². The number of carbonyl (C=O) groups is 1. The number of amides is 1. The number of nitrogens with two attached hydrogens (primary N) is 1. The predicted octanol–water partition coefficient (Wildman–Crippen LogP) is 1.85. The minimum absolute atomic E-state index is 0.154. The maximum Gasteiger partial charge on any atom is 0.407 e. The monoisotopic (exact) mass is 271 g/mol. The third-order valence-electron chi connectivity index (χ3n) is 2.05. The molecule has 1 aromatic heterocycles. The molecule has 0 aliphatic rings. The van der Waals surface area contributed by atoms with Crippen molar-refractivity contribution in [2.75, 3.05) is 6.54 Å². The van der Waals surface area contributed by atoms with Gasteiger partial charge in [0.1, 0.15) is 5.60 Å². The van der Waals surface area contributed by atoms with E-state index in [0.717, 1.165) is 10.7 Å². The molecule has 0 fully saturated rings. The Balaban J connectivity index is 2.29. The van der Waals surface area contributed by atoms with E-state index in [1.165, 1.54) is 0 Å². The summed E-state index contributed by atoms with van der Waals surface area (Å²) in [6.45, 7) is 7.81. The van der Waals surface area contributed by atoms with Gasteiger partial charge in [0.05, 0.1) is 10.7 Å². The summed E-state index contributed by atoms with van der Waals surface area (Å²) in [6, 6.07) is -0.154. The zero-order chi connectivity index (χ0) is 13.8. The maximum absolute atomic E-state index is 11.4. The first-order chi connectivity index (χ1) is 8.26. The second kappa shape index (κ2) is 6.15. The Bertz CT molecular complexity index is 398. The fourth-order valence-corrected chi connectivity index (χ4v) is 2.00. The number of nitrogens with zero attached hydrogens (tertiary/aromatic N) is 1. The summed E-state index contributed by atoms with van der Waals surface area (Å²) in [6.07, 6.45) is 0.215. The number of hydrogen-bond acceptors (Lipinski definition) is 5. The van der Waals surface area contributed by atoms with Crippen LogP contribution >= 0.6 is 11.3 Å². The highest BCUT2D eigenvalue weighted by Gasteiger charge is 2.16. The molecule has 3 N–H and O–H groups in total. The fraction of sp³-hybridized carbons (Fsp3) is 0.667. The van der Waals surface area contributed by atoms with Crippen LogP contribution in [0.4, 0.5) is 4.79 Å². The van der Waals surface area contributed by atoms with Gasteiger partial charge < -0.3 is 15.8 Å². The van der Waals surface area contributed by atoms with Crippen molar-refractivity contribution in [1.82, 2.24) is 10.3 Å². The summed E-state index contributed by atoms with van der Waals surface area (Å²) >= 11 is 1.60. The first-order valence-electron chi connectivity index (χ1n) is 5.90. The molecule has 1 amide bonds. The molecule has 0 saturated carbocycles. The zero-order valence-corrected chi connectivity index (χ0v) is 12.1. The molecule has 1 rings (SSSR count). The molecule has 0 aliphatic carbocycles. The molecule has 0 aromatic carbocycles. The number of aromatic nitrogens is 1. The van der Waals surface area contributed by atoms with E-state index in [0.29, 0.717) is 13.0 Å². The smallest absolute Gasteiger partial charge is 0.407 e. The van der Waals surface area contributed by atoms with Gasteiger partial charge in [0.25, 0.3) is 0 Å². The van der Waals surface area contributed by atoms with Crippen molar-refractivity contribution in [2.24, 2.45) is 5.73 Å². The van der Waals surface area contributed by atoms with Gasteiger partial charge in [0.15, 0.2) is 0 Å². The van der Waals surface area contributed by atoms with E-state index in [4.69, 9.17) is 10.5 Å². The highest BCUT2D eigenvalue weighted by Crippen LogP contribution is 2.09. The number of rotatable bonds is 4. The topological polar surface area (TPSA) is 77.2 Å². The number of ether oxygens (including phenoxy) is 1.